The molecule has 3 rings (SSSR count). The first-order valence-corrected chi connectivity index (χ1v) is 8.00. The Bertz CT molecular complexity index is 470. The third kappa shape index (κ3) is 3.11. The van der Waals surface area contributed by atoms with Gasteiger partial charge in [-0.3, -0.25) is 4.90 Å². The highest BCUT2D eigenvalue weighted by Gasteiger charge is 2.22. The third-order valence-electron chi connectivity index (χ3n) is 4.50. The van der Waals surface area contributed by atoms with E-state index in [0.717, 1.165) is 55.9 Å². The second kappa shape index (κ2) is 6.33. The molecule has 1 fully saturated rings. The van der Waals surface area contributed by atoms with Crippen molar-refractivity contribution in [1.29, 1.82) is 0 Å². The van der Waals surface area contributed by atoms with Crippen molar-refractivity contribution >= 4 is 11.6 Å². The summed E-state index contributed by atoms with van der Waals surface area (Å²) in [6.07, 6.45) is 4.69. The number of piperidine rings is 1. The van der Waals surface area contributed by atoms with E-state index < -0.39 is 0 Å². The number of nitrogens with two attached hydrogens (primary N) is 1. The van der Waals surface area contributed by atoms with Crippen LogP contribution in [0.3, 0.4) is 0 Å². The van der Waals surface area contributed by atoms with E-state index in [1.165, 1.54) is 30.4 Å². The predicted molar refractivity (Wildman–Crippen MR) is 82.3 cm³/mol. The zero-order valence-electron chi connectivity index (χ0n) is 11.9. The molecule has 0 amide bonds. The smallest absolute Gasteiger partial charge is 0.127 e. The first-order chi connectivity index (χ1) is 9.76. The van der Waals surface area contributed by atoms with Crippen molar-refractivity contribution in [3.63, 3.8) is 0 Å². The molecule has 20 heavy (non-hydrogen) atoms. The van der Waals surface area contributed by atoms with E-state index in [0.29, 0.717) is 0 Å². The number of ether oxygens (including phenoxy) is 1. The second-order valence-corrected chi connectivity index (χ2v) is 6.38. The Balaban J connectivity index is 1.64. The number of hydrogen-bond donors (Lipinski definition) is 1. The zero-order chi connectivity index (χ0) is 13.9. The van der Waals surface area contributed by atoms with Crippen LogP contribution in [0.4, 0.5) is 0 Å². The molecule has 0 radical (unpaired) electrons. The number of likely N-dealkylation sites (tertiary alicyclic amines) is 1. The molecule has 0 atom stereocenters. The third-order valence-corrected chi connectivity index (χ3v) is 4.72. The molecule has 0 aliphatic carbocycles. The van der Waals surface area contributed by atoms with Crippen molar-refractivity contribution in [1.82, 2.24) is 4.90 Å². The summed E-state index contributed by atoms with van der Waals surface area (Å²) in [6, 6.07) is 4.11. The Morgan fingerprint density at radius 3 is 2.85 bits per heavy atom. The zero-order valence-corrected chi connectivity index (χ0v) is 12.7. The van der Waals surface area contributed by atoms with Crippen LogP contribution in [-0.2, 0) is 13.0 Å². The lowest BCUT2D eigenvalue weighted by molar-refractivity contribution is 0.172. The topological polar surface area (TPSA) is 38.5 Å². The Hall–Kier alpha value is -0.770. The highest BCUT2D eigenvalue weighted by molar-refractivity contribution is 6.30. The van der Waals surface area contributed by atoms with Crippen molar-refractivity contribution in [2.45, 2.75) is 32.2 Å². The van der Waals surface area contributed by atoms with Gasteiger partial charge in [-0.25, -0.2) is 0 Å². The summed E-state index contributed by atoms with van der Waals surface area (Å²) >= 11 is 6.22. The molecular formula is C16H23ClN2O. The normalized spacial score (nSPS) is 19.9. The van der Waals surface area contributed by atoms with Gasteiger partial charge in [0.05, 0.1) is 6.61 Å². The Kier molecular flexibility index (Phi) is 4.49. The molecule has 1 aromatic carbocycles. The van der Waals surface area contributed by atoms with E-state index in [4.69, 9.17) is 22.1 Å². The van der Waals surface area contributed by atoms with Crippen LogP contribution in [0.2, 0.25) is 5.02 Å². The fraction of sp³-hybridized carbons (Fsp3) is 0.625. The van der Waals surface area contributed by atoms with Gasteiger partial charge in [-0.05, 0) is 62.5 Å². The first kappa shape index (κ1) is 14.2. The van der Waals surface area contributed by atoms with Gasteiger partial charge in [0.2, 0.25) is 0 Å². The van der Waals surface area contributed by atoms with Crippen molar-refractivity contribution in [3.05, 3.63) is 28.3 Å². The summed E-state index contributed by atoms with van der Waals surface area (Å²) in [5, 5.41) is 0.835. The van der Waals surface area contributed by atoms with E-state index >= 15 is 0 Å². The van der Waals surface area contributed by atoms with Crippen molar-refractivity contribution < 1.29 is 4.74 Å². The Morgan fingerprint density at radius 1 is 1.30 bits per heavy atom. The fourth-order valence-electron chi connectivity index (χ4n) is 3.37. The molecule has 1 saturated heterocycles. The Labute approximate surface area is 126 Å². The van der Waals surface area contributed by atoms with E-state index in [2.05, 4.69) is 11.0 Å². The number of rotatable bonds is 4. The maximum absolute atomic E-state index is 6.22. The monoisotopic (exact) mass is 294 g/mol. The lowest BCUT2D eigenvalue weighted by atomic mass is 9.93. The number of benzene rings is 1. The van der Waals surface area contributed by atoms with E-state index in [1.807, 2.05) is 6.07 Å². The van der Waals surface area contributed by atoms with Crippen molar-refractivity contribution in [3.8, 4) is 5.75 Å². The molecule has 0 unspecified atom stereocenters. The van der Waals surface area contributed by atoms with Crippen LogP contribution in [0.5, 0.6) is 5.75 Å². The van der Waals surface area contributed by atoms with Crippen LogP contribution < -0.4 is 10.5 Å². The highest BCUT2D eigenvalue weighted by atomic mass is 35.5. The summed E-state index contributed by atoms with van der Waals surface area (Å²) in [5.41, 5.74) is 8.17. The lowest BCUT2D eigenvalue weighted by Crippen LogP contribution is -2.33. The van der Waals surface area contributed by atoms with Crippen LogP contribution in [0.25, 0.3) is 0 Å². The lowest BCUT2D eigenvalue weighted by Gasteiger charge is -2.32. The molecule has 2 aliphatic rings. The summed E-state index contributed by atoms with van der Waals surface area (Å²) in [5.74, 6) is 1.90. The summed E-state index contributed by atoms with van der Waals surface area (Å²) < 4.78 is 5.78. The van der Waals surface area contributed by atoms with Gasteiger partial charge in [-0.1, -0.05) is 11.6 Å². The van der Waals surface area contributed by atoms with Gasteiger partial charge in [0.15, 0.2) is 0 Å². The van der Waals surface area contributed by atoms with Crippen LogP contribution in [0.15, 0.2) is 12.1 Å². The maximum Gasteiger partial charge on any atom is 0.127 e. The minimum absolute atomic E-state index is 0.793. The molecule has 2 N–H and O–H groups in total. The Morgan fingerprint density at radius 2 is 2.10 bits per heavy atom. The molecule has 2 aliphatic heterocycles. The van der Waals surface area contributed by atoms with Crippen LogP contribution >= 0.6 is 11.6 Å². The van der Waals surface area contributed by atoms with Crippen LogP contribution in [0.1, 0.15) is 30.4 Å². The van der Waals surface area contributed by atoms with Gasteiger partial charge in [-0.2, -0.15) is 0 Å². The van der Waals surface area contributed by atoms with Gasteiger partial charge >= 0.3 is 0 Å². The van der Waals surface area contributed by atoms with Gasteiger partial charge < -0.3 is 10.5 Å². The van der Waals surface area contributed by atoms with Crippen molar-refractivity contribution in [2.75, 3.05) is 26.2 Å². The molecule has 0 saturated carbocycles. The van der Waals surface area contributed by atoms with Gasteiger partial charge in [-0.15, -0.1) is 0 Å². The molecule has 1 aromatic rings. The van der Waals surface area contributed by atoms with E-state index in [1.54, 1.807) is 0 Å². The molecule has 2 heterocycles. The van der Waals surface area contributed by atoms with Gasteiger partial charge in [0.25, 0.3) is 0 Å². The van der Waals surface area contributed by atoms with E-state index in [9.17, 15) is 0 Å². The summed E-state index contributed by atoms with van der Waals surface area (Å²) in [4.78, 5) is 2.51. The van der Waals surface area contributed by atoms with Gasteiger partial charge in [0, 0.05) is 23.6 Å². The predicted octanol–water partition coefficient (Wildman–Crippen LogP) is 2.84. The van der Waals surface area contributed by atoms with E-state index in [-0.39, 0.29) is 0 Å². The maximum atomic E-state index is 6.22. The van der Waals surface area contributed by atoms with Crippen molar-refractivity contribution in [2.24, 2.45) is 11.7 Å². The summed E-state index contributed by atoms with van der Waals surface area (Å²) in [7, 11) is 0. The molecule has 4 heteroatoms. The molecule has 3 nitrogen and oxygen atoms in total. The standard InChI is InChI=1S/C16H23ClN2O/c17-15-9-13-4-8-20-16(13)14(10-15)11-19-6-2-12(1-5-18)3-7-19/h9-10,12H,1-8,11,18H2. The number of halogens is 1. The highest BCUT2D eigenvalue weighted by Crippen LogP contribution is 2.34. The van der Waals surface area contributed by atoms with Crippen LogP contribution in [0, 0.1) is 5.92 Å². The first-order valence-electron chi connectivity index (χ1n) is 7.63. The molecule has 110 valence electrons. The average Bonchev–Trinajstić information content (AvgIpc) is 2.89. The SMILES string of the molecule is NCCC1CCN(Cc2cc(Cl)cc3c2OCC3)CC1. The van der Waals surface area contributed by atoms with Gasteiger partial charge in [0.1, 0.15) is 5.75 Å². The van der Waals surface area contributed by atoms with Crippen LogP contribution in [-0.4, -0.2) is 31.1 Å². The molecule has 0 spiro atoms. The molecular weight excluding hydrogens is 272 g/mol. The summed E-state index contributed by atoms with van der Waals surface area (Å²) in [6.45, 7) is 4.89. The molecule has 0 bridgehead atoms. The number of fused-ring (bicyclic) bond motifs is 1. The largest absolute Gasteiger partial charge is 0.493 e. The molecule has 0 aromatic heterocycles. The average molecular weight is 295 g/mol. The fourth-order valence-corrected chi connectivity index (χ4v) is 3.64. The second-order valence-electron chi connectivity index (χ2n) is 5.95. The minimum Gasteiger partial charge on any atom is -0.493 e. The number of nitrogens with zero attached hydrogens (tertiary/aromatic N) is 1. The quantitative estimate of drug-likeness (QED) is 0.928. The number of hydrogen-bond acceptors (Lipinski definition) is 3. The minimum atomic E-state index is 0.793.